The van der Waals surface area contributed by atoms with Crippen LogP contribution >= 0.6 is 11.6 Å². The summed E-state index contributed by atoms with van der Waals surface area (Å²) in [5, 5.41) is 11.6. The van der Waals surface area contributed by atoms with E-state index in [-0.39, 0.29) is 33.4 Å². The summed E-state index contributed by atoms with van der Waals surface area (Å²) in [7, 11) is 5.74. The minimum atomic E-state index is -1.09. The van der Waals surface area contributed by atoms with Gasteiger partial charge in [-0.05, 0) is 18.2 Å². The maximum absolute atomic E-state index is 13.3. The number of hydrogen-bond acceptors (Lipinski definition) is 8. The molecule has 1 amide bonds. The molecule has 9 nitrogen and oxygen atoms in total. The summed E-state index contributed by atoms with van der Waals surface area (Å²) >= 11 is 6.20. The lowest BCUT2D eigenvalue weighted by Crippen LogP contribution is -2.29. The van der Waals surface area contributed by atoms with E-state index in [1.165, 1.54) is 51.7 Å². The van der Waals surface area contributed by atoms with Gasteiger partial charge in [-0.25, -0.2) is 0 Å². The number of halogens is 1. The Morgan fingerprint density at radius 1 is 0.943 bits per heavy atom. The van der Waals surface area contributed by atoms with Gasteiger partial charge in [0, 0.05) is 24.3 Å². The third kappa shape index (κ3) is 4.15. The summed E-state index contributed by atoms with van der Waals surface area (Å²) in [4.78, 5) is 27.9. The highest BCUT2D eigenvalue weighted by Crippen LogP contribution is 2.46. The number of furan rings is 1. The molecule has 1 aliphatic rings. The summed E-state index contributed by atoms with van der Waals surface area (Å²) in [6.07, 6.45) is 1.41. The number of carbonyl (C=O) groups excluding carboxylic acids is 2. The number of rotatable bonds is 7. The van der Waals surface area contributed by atoms with Gasteiger partial charge in [0.2, 0.25) is 0 Å². The zero-order valence-electron chi connectivity index (χ0n) is 19.3. The molecule has 2 heterocycles. The van der Waals surface area contributed by atoms with Gasteiger partial charge in [-0.1, -0.05) is 11.6 Å². The van der Waals surface area contributed by atoms with Crippen molar-refractivity contribution in [2.24, 2.45) is 0 Å². The first-order chi connectivity index (χ1) is 16.8. The minimum Gasteiger partial charge on any atom is -0.507 e. The number of Topliss-reactive ketones (excluding diaryl/α,β-unsaturated/α-hetero) is 1. The number of ketones is 1. The topological polar surface area (TPSA) is 108 Å². The van der Waals surface area contributed by atoms with Crippen LogP contribution in [0.25, 0.3) is 5.76 Å². The Balaban J connectivity index is 1.98. The number of aliphatic hydroxyl groups is 1. The van der Waals surface area contributed by atoms with Crippen molar-refractivity contribution in [3.05, 3.63) is 70.6 Å². The lowest BCUT2D eigenvalue weighted by Gasteiger charge is -2.24. The molecule has 10 heteroatoms. The number of aliphatic hydroxyl groups excluding tert-OH is 1. The van der Waals surface area contributed by atoms with Crippen LogP contribution in [0.4, 0.5) is 5.69 Å². The zero-order chi connectivity index (χ0) is 25.3. The molecular weight excluding hydrogens is 478 g/mol. The molecule has 0 bridgehead atoms. The molecular formula is C25H22ClNO8. The number of anilines is 1. The monoisotopic (exact) mass is 499 g/mol. The van der Waals surface area contributed by atoms with E-state index in [9.17, 15) is 14.7 Å². The van der Waals surface area contributed by atoms with Crippen molar-refractivity contribution in [2.45, 2.75) is 6.04 Å². The zero-order valence-corrected chi connectivity index (χ0v) is 20.1. The summed E-state index contributed by atoms with van der Waals surface area (Å²) in [5.41, 5.74) is 0.227. The number of nitrogens with zero attached hydrogens (tertiary/aromatic N) is 1. The van der Waals surface area contributed by atoms with E-state index < -0.39 is 23.5 Å². The van der Waals surface area contributed by atoms with Gasteiger partial charge in [0.1, 0.15) is 40.6 Å². The van der Waals surface area contributed by atoms with Crippen molar-refractivity contribution in [3.63, 3.8) is 0 Å². The van der Waals surface area contributed by atoms with E-state index in [2.05, 4.69) is 0 Å². The van der Waals surface area contributed by atoms with E-state index in [1.807, 2.05) is 0 Å². The molecule has 1 N–H and O–H groups in total. The molecule has 3 aromatic rings. The quantitative estimate of drug-likeness (QED) is 0.285. The van der Waals surface area contributed by atoms with Crippen LogP contribution in [0, 0.1) is 0 Å². The summed E-state index contributed by atoms with van der Waals surface area (Å²) < 4.78 is 26.9. The molecule has 0 saturated carbocycles. The number of amides is 1. The van der Waals surface area contributed by atoms with E-state index in [0.717, 1.165) is 0 Å². The van der Waals surface area contributed by atoms with Crippen LogP contribution < -0.4 is 23.8 Å². The minimum absolute atomic E-state index is 0.117. The van der Waals surface area contributed by atoms with Crippen molar-refractivity contribution in [3.8, 4) is 23.0 Å². The normalized spacial score (nSPS) is 16.9. The van der Waals surface area contributed by atoms with Gasteiger partial charge < -0.3 is 28.5 Å². The Bertz CT molecular complexity index is 1290. The predicted molar refractivity (Wildman–Crippen MR) is 128 cm³/mol. The summed E-state index contributed by atoms with van der Waals surface area (Å²) in [5.74, 6) is -0.769. The molecule has 1 fully saturated rings. The fourth-order valence-corrected chi connectivity index (χ4v) is 4.17. The van der Waals surface area contributed by atoms with Crippen LogP contribution in [0.5, 0.6) is 23.0 Å². The highest BCUT2D eigenvalue weighted by molar-refractivity contribution is 6.51. The molecule has 35 heavy (non-hydrogen) atoms. The molecule has 1 aliphatic heterocycles. The summed E-state index contributed by atoms with van der Waals surface area (Å²) in [6.45, 7) is 0. The Labute approximate surface area is 206 Å². The van der Waals surface area contributed by atoms with Crippen molar-refractivity contribution >= 4 is 34.7 Å². The maximum Gasteiger partial charge on any atom is 0.300 e. The second-order valence-corrected chi connectivity index (χ2v) is 7.85. The van der Waals surface area contributed by atoms with Crippen LogP contribution in [-0.2, 0) is 9.59 Å². The van der Waals surface area contributed by atoms with Gasteiger partial charge in [-0.15, -0.1) is 0 Å². The fraction of sp³-hybridized carbons (Fsp3) is 0.200. The molecule has 182 valence electrons. The van der Waals surface area contributed by atoms with Crippen LogP contribution in [0.1, 0.15) is 17.4 Å². The van der Waals surface area contributed by atoms with E-state index >= 15 is 0 Å². The fourth-order valence-electron chi connectivity index (χ4n) is 3.94. The van der Waals surface area contributed by atoms with Crippen molar-refractivity contribution in [1.82, 2.24) is 0 Å². The number of hydrogen-bond donors (Lipinski definition) is 1. The molecule has 0 aliphatic carbocycles. The predicted octanol–water partition coefficient (Wildman–Crippen LogP) is 4.59. The average Bonchev–Trinajstić information content (AvgIpc) is 3.49. The second kappa shape index (κ2) is 9.63. The standard InChI is InChI=1S/C25H22ClNO8/c1-31-14-8-13(9-15(10-14)32-2)27-22(18-6-5-7-35-18)21(24(29)25(27)30)23(28)16-11-20(34-4)17(26)12-19(16)33-3/h5-12,22,28H,1-4H3/b23-21+. The van der Waals surface area contributed by atoms with Gasteiger partial charge in [0.15, 0.2) is 0 Å². The maximum atomic E-state index is 13.3. The molecule has 1 atom stereocenters. The SMILES string of the molecule is COc1cc(OC)cc(N2C(=O)C(=O)/C(=C(/O)c3cc(OC)c(Cl)cc3OC)C2c2ccco2)c1. The Kier molecular flexibility index (Phi) is 6.61. The van der Waals surface area contributed by atoms with E-state index in [0.29, 0.717) is 17.2 Å². The summed E-state index contributed by atoms with van der Waals surface area (Å²) in [6, 6.07) is 9.80. The lowest BCUT2D eigenvalue weighted by atomic mass is 9.98. The van der Waals surface area contributed by atoms with E-state index in [4.69, 9.17) is 35.0 Å². The molecule has 2 aromatic carbocycles. The molecule has 4 rings (SSSR count). The van der Waals surface area contributed by atoms with E-state index in [1.54, 1.807) is 30.3 Å². The van der Waals surface area contributed by atoms with Gasteiger partial charge in [-0.3, -0.25) is 14.5 Å². The second-order valence-electron chi connectivity index (χ2n) is 7.44. The third-order valence-electron chi connectivity index (χ3n) is 5.60. The number of benzene rings is 2. The third-order valence-corrected chi connectivity index (χ3v) is 5.90. The first-order valence-electron chi connectivity index (χ1n) is 10.3. The highest BCUT2D eigenvalue weighted by atomic mass is 35.5. The largest absolute Gasteiger partial charge is 0.507 e. The Morgan fingerprint density at radius 3 is 2.14 bits per heavy atom. The molecule has 1 aromatic heterocycles. The average molecular weight is 500 g/mol. The lowest BCUT2D eigenvalue weighted by molar-refractivity contribution is -0.132. The Morgan fingerprint density at radius 2 is 1.60 bits per heavy atom. The van der Waals surface area contributed by atoms with Gasteiger partial charge in [-0.2, -0.15) is 0 Å². The Hall–Kier alpha value is -4.11. The van der Waals surface area contributed by atoms with Crippen LogP contribution in [0.2, 0.25) is 5.02 Å². The van der Waals surface area contributed by atoms with Crippen LogP contribution in [-0.4, -0.2) is 45.2 Å². The number of ether oxygens (including phenoxy) is 4. The number of carbonyl (C=O) groups is 2. The smallest absolute Gasteiger partial charge is 0.300 e. The molecule has 1 saturated heterocycles. The van der Waals surface area contributed by atoms with Gasteiger partial charge >= 0.3 is 0 Å². The number of methoxy groups -OCH3 is 4. The van der Waals surface area contributed by atoms with Crippen molar-refractivity contribution in [2.75, 3.05) is 33.3 Å². The van der Waals surface area contributed by atoms with Gasteiger partial charge in [0.25, 0.3) is 11.7 Å². The van der Waals surface area contributed by atoms with Gasteiger partial charge in [0.05, 0.1) is 56.5 Å². The van der Waals surface area contributed by atoms with Crippen LogP contribution in [0.15, 0.2) is 58.7 Å². The highest BCUT2D eigenvalue weighted by Gasteiger charge is 2.48. The first kappa shape index (κ1) is 24.0. The van der Waals surface area contributed by atoms with Crippen molar-refractivity contribution < 1.29 is 38.1 Å². The molecule has 0 spiro atoms. The molecule has 0 radical (unpaired) electrons. The first-order valence-corrected chi connectivity index (χ1v) is 10.7. The molecule has 1 unspecified atom stereocenters. The van der Waals surface area contributed by atoms with Crippen LogP contribution in [0.3, 0.4) is 0 Å². The van der Waals surface area contributed by atoms with Crippen molar-refractivity contribution in [1.29, 1.82) is 0 Å².